The van der Waals surface area contributed by atoms with Crippen LogP contribution in [0.5, 0.6) is 0 Å². The number of rotatable bonds is 2. The summed E-state index contributed by atoms with van der Waals surface area (Å²) >= 11 is 0. The summed E-state index contributed by atoms with van der Waals surface area (Å²) in [5, 5.41) is 9.70. The van der Waals surface area contributed by atoms with Crippen molar-refractivity contribution in [3.63, 3.8) is 0 Å². The Balaban J connectivity index is 1.97. The second-order valence-electron chi connectivity index (χ2n) is 5.49. The molecular weight excluding hydrogens is 242 g/mol. The van der Waals surface area contributed by atoms with Crippen molar-refractivity contribution in [2.24, 2.45) is 0 Å². The quantitative estimate of drug-likeness (QED) is 0.884. The molecule has 3 atom stereocenters. The van der Waals surface area contributed by atoms with Crippen LogP contribution in [-0.2, 0) is 9.53 Å². The van der Waals surface area contributed by atoms with Gasteiger partial charge in [-0.3, -0.25) is 4.79 Å². The number of nitrogens with zero attached hydrogens (tertiary/aromatic N) is 1. The number of aliphatic hydroxyl groups excluding tert-OH is 1. The first-order valence-corrected chi connectivity index (χ1v) is 6.81. The van der Waals surface area contributed by atoms with Crippen LogP contribution in [-0.4, -0.2) is 34.3 Å². The molecule has 2 fully saturated rings. The Morgan fingerprint density at radius 3 is 2.84 bits per heavy atom. The second-order valence-corrected chi connectivity index (χ2v) is 5.49. The third-order valence-corrected chi connectivity index (χ3v) is 4.19. The van der Waals surface area contributed by atoms with Gasteiger partial charge in [0.25, 0.3) is 0 Å². The van der Waals surface area contributed by atoms with Crippen LogP contribution in [0, 0.1) is 0 Å². The lowest BCUT2D eigenvalue weighted by Crippen LogP contribution is -2.53. The van der Waals surface area contributed by atoms with Gasteiger partial charge >= 0.3 is 0 Å². The number of amides is 1. The van der Waals surface area contributed by atoms with E-state index in [0.717, 1.165) is 18.4 Å². The van der Waals surface area contributed by atoms with Crippen molar-refractivity contribution in [3.05, 3.63) is 35.9 Å². The van der Waals surface area contributed by atoms with Gasteiger partial charge in [-0.2, -0.15) is 0 Å². The maximum absolute atomic E-state index is 12.2. The first kappa shape index (κ1) is 12.6. The smallest absolute Gasteiger partial charge is 0.225 e. The summed E-state index contributed by atoms with van der Waals surface area (Å²) < 4.78 is 6.16. The standard InChI is InChI=1S/C15H19NO3/c1-15-9-5-8-13(18)16(15)12(10-17)14(19-15)11-6-3-2-4-7-11/h2-4,6-7,12,14,17H,5,8-10H2,1H3/t12-,14-,15-/m1/s1. The fraction of sp³-hybridized carbons (Fsp3) is 0.533. The number of benzene rings is 1. The van der Waals surface area contributed by atoms with Gasteiger partial charge in [-0.1, -0.05) is 30.3 Å². The second kappa shape index (κ2) is 4.62. The molecule has 0 spiro atoms. The molecule has 2 aliphatic rings. The van der Waals surface area contributed by atoms with E-state index >= 15 is 0 Å². The summed E-state index contributed by atoms with van der Waals surface area (Å²) in [6, 6.07) is 9.55. The molecule has 0 unspecified atom stereocenters. The Kier molecular flexibility index (Phi) is 3.07. The van der Waals surface area contributed by atoms with Crippen molar-refractivity contribution < 1.29 is 14.6 Å². The normalized spacial score (nSPS) is 34.4. The predicted molar refractivity (Wildman–Crippen MR) is 70.2 cm³/mol. The van der Waals surface area contributed by atoms with Crippen molar-refractivity contribution in [1.29, 1.82) is 0 Å². The highest BCUT2D eigenvalue weighted by Gasteiger charge is 2.53. The minimum absolute atomic E-state index is 0.0686. The lowest BCUT2D eigenvalue weighted by Gasteiger charge is -2.39. The predicted octanol–water partition coefficient (Wildman–Crippen LogP) is 1.85. The van der Waals surface area contributed by atoms with E-state index in [2.05, 4.69) is 0 Å². The summed E-state index contributed by atoms with van der Waals surface area (Å²) in [6.45, 7) is 1.89. The average Bonchev–Trinajstić information content (AvgIpc) is 2.74. The minimum Gasteiger partial charge on any atom is -0.394 e. The molecule has 4 nitrogen and oxygen atoms in total. The van der Waals surface area contributed by atoms with E-state index < -0.39 is 5.72 Å². The molecule has 2 aliphatic heterocycles. The van der Waals surface area contributed by atoms with Gasteiger partial charge in [0, 0.05) is 6.42 Å². The Bertz CT molecular complexity index is 476. The van der Waals surface area contributed by atoms with Crippen LogP contribution in [0.3, 0.4) is 0 Å². The number of carbonyl (C=O) groups is 1. The molecule has 3 rings (SSSR count). The van der Waals surface area contributed by atoms with Gasteiger partial charge in [-0.25, -0.2) is 0 Å². The van der Waals surface area contributed by atoms with Crippen molar-refractivity contribution in [3.8, 4) is 0 Å². The zero-order chi connectivity index (χ0) is 13.5. The SMILES string of the molecule is C[C@@]12CCCC(=O)N1[C@H](CO)[C@@H](c1ccccc1)O2. The topological polar surface area (TPSA) is 49.8 Å². The summed E-state index contributed by atoms with van der Waals surface area (Å²) in [5.41, 5.74) is 0.452. The highest BCUT2D eigenvalue weighted by atomic mass is 16.5. The Hall–Kier alpha value is -1.39. The molecule has 1 amide bonds. The van der Waals surface area contributed by atoms with Crippen LogP contribution in [0.4, 0.5) is 0 Å². The van der Waals surface area contributed by atoms with Gasteiger partial charge in [0.1, 0.15) is 11.8 Å². The molecule has 1 aromatic carbocycles. The van der Waals surface area contributed by atoms with E-state index in [1.165, 1.54) is 0 Å². The molecule has 0 radical (unpaired) electrons. The van der Waals surface area contributed by atoms with Gasteiger partial charge < -0.3 is 14.7 Å². The molecule has 4 heteroatoms. The van der Waals surface area contributed by atoms with Crippen LogP contribution < -0.4 is 0 Å². The Labute approximate surface area is 113 Å². The van der Waals surface area contributed by atoms with E-state index in [1.807, 2.05) is 37.3 Å². The zero-order valence-electron chi connectivity index (χ0n) is 11.1. The molecule has 1 N–H and O–H groups in total. The van der Waals surface area contributed by atoms with Gasteiger partial charge in [0.15, 0.2) is 0 Å². The molecule has 0 aliphatic carbocycles. The fourth-order valence-corrected chi connectivity index (χ4v) is 3.32. The molecule has 19 heavy (non-hydrogen) atoms. The van der Waals surface area contributed by atoms with Crippen molar-refractivity contribution in [2.45, 2.75) is 44.1 Å². The largest absolute Gasteiger partial charge is 0.394 e. The minimum atomic E-state index is -0.566. The van der Waals surface area contributed by atoms with Crippen LogP contribution >= 0.6 is 0 Å². The number of carbonyl (C=O) groups excluding carboxylic acids is 1. The van der Waals surface area contributed by atoms with Crippen molar-refractivity contribution >= 4 is 5.91 Å². The summed E-state index contributed by atoms with van der Waals surface area (Å²) in [7, 11) is 0. The van der Waals surface area contributed by atoms with Crippen LogP contribution in [0.15, 0.2) is 30.3 Å². The third-order valence-electron chi connectivity index (χ3n) is 4.19. The number of piperidine rings is 1. The van der Waals surface area contributed by atoms with Gasteiger partial charge in [0.2, 0.25) is 5.91 Å². The van der Waals surface area contributed by atoms with Crippen molar-refractivity contribution in [1.82, 2.24) is 4.90 Å². The monoisotopic (exact) mass is 261 g/mol. The number of hydrogen-bond donors (Lipinski definition) is 1. The van der Waals surface area contributed by atoms with Crippen molar-refractivity contribution in [2.75, 3.05) is 6.61 Å². The molecule has 2 heterocycles. The average molecular weight is 261 g/mol. The summed E-state index contributed by atoms with van der Waals surface area (Å²) in [5.74, 6) is 0.0891. The van der Waals surface area contributed by atoms with Gasteiger partial charge in [-0.05, 0) is 25.3 Å². The first-order chi connectivity index (χ1) is 9.15. The molecule has 0 bridgehead atoms. The third kappa shape index (κ3) is 1.95. The lowest BCUT2D eigenvalue weighted by molar-refractivity contribution is -0.159. The molecule has 2 saturated heterocycles. The Morgan fingerprint density at radius 2 is 2.16 bits per heavy atom. The lowest BCUT2D eigenvalue weighted by atomic mass is 9.97. The molecule has 0 saturated carbocycles. The van der Waals surface area contributed by atoms with Crippen LogP contribution in [0.25, 0.3) is 0 Å². The highest BCUT2D eigenvalue weighted by Crippen LogP contribution is 2.45. The maximum atomic E-state index is 12.2. The number of fused-ring (bicyclic) bond motifs is 1. The molecule has 1 aromatic rings. The van der Waals surface area contributed by atoms with E-state index in [-0.39, 0.29) is 24.7 Å². The molecule has 0 aromatic heterocycles. The van der Waals surface area contributed by atoms with Gasteiger partial charge in [-0.15, -0.1) is 0 Å². The first-order valence-electron chi connectivity index (χ1n) is 6.81. The number of hydrogen-bond acceptors (Lipinski definition) is 3. The Morgan fingerprint density at radius 1 is 1.42 bits per heavy atom. The molecule has 102 valence electrons. The summed E-state index contributed by atoms with van der Waals surface area (Å²) in [6.07, 6.45) is 2.00. The fourth-order valence-electron chi connectivity index (χ4n) is 3.32. The highest BCUT2D eigenvalue weighted by molar-refractivity contribution is 5.78. The number of ether oxygens (including phenoxy) is 1. The maximum Gasteiger partial charge on any atom is 0.225 e. The number of aliphatic hydroxyl groups is 1. The summed E-state index contributed by atoms with van der Waals surface area (Å²) in [4.78, 5) is 13.9. The molecular formula is C15H19NO3. The zero-order valence-corrected chi connectivity index (χ0v) is 11.1. The van der Waals surface area contributed by atoms with E-state index in [9.17, 15) is 9.90 Å². The van der Waals surface area contributed by atoms with Gasteiger partial charge in [0.05, 0.1) is 12.6 Å². The van der Waals surface area contributed by atoms with Crippen LogP contribution in [0.1, 0.15) is 37.9 Å². The van der Waals surface area contributed by atoms with E-state index in [1.54, 1.807) is 4.90 Å². The van der Waals surface area contributed by atoms with Crippen LogP contribution in [0.2, 0.25) is 0 Å². The van der Waals surface area contributed by atoms with E-state index in [0.29, 0.717) is 6.42 Å². The van der Waals surface area contributed by atoms with E-state index in [4.69, 9.17) is 4.74 Å².